The smallest absolute Gasteiger partial charge is 0.0532 e. The van der Waals surface area contributed by atoms with Gasteiger partial charge in [0.15, 0.2) is 0 Å². The molecule has 0 unspecified atom stereocenters. The van der Waals surface area contributed by atoms with Crippen LogP contribution >= 0.6 is 0 Å². The molecule has 14 heavy (non-hydrogen) atoms. The average molecular weight is 194 g/mol. The summed E-state index contributed by atoms with van der Waals surface area (Å²) >= 11 is 0. The molecule has 78 valence electrons. The van der Waals surface area contributed by atoms with Crippen molar-refractivity contribution in [3.63, 3.8) is 0 Å². The van der Waals surface area contributed by atoms with E-state index in [0.717, 1.165) is 6.54 Å². The molecule has 1 aliphatic rings. The fraction of sp³-hybridized carbons (Fsp3) is 0.700. The van der Waals surface area contributed by atoms with Gasteiger partial charge in [0.25, 0.3) is 0 Å². The minimum Gasteiger partial charge on any atom is -0.301 e. The number of aromatic amines is 1. The van der Waals surface area contributed by atoms with Gasteiger partial charge in [0.2, 0.25) is 0 Å². The second-order valence-corrected chi connectivity index (χ2v) is 3.82. The summed E-state index contributed by atoms with van der Waals surface area (Å²) in [6, 6.07) is 0. The molecule has 0 bridgehead atoms. The maximum absolute atomic E-state index is 3.96. The van der Waals surface area contributed by atoms with Gasteiger partial charge in [-0.3, -0.25) is 10.00 Å². The normalized spacial score (nSPS) is 20.1. The van der Waals surface area contributed by atoms with Gasteiger partial charge in [0, 0.05) is 44.5 Å². The zero-order valence-corrected chi connectivity index (χ0v) is 8.74. The lowest BCUT2D eigenvalue weighted by Gasteiger charge is -2.33. The summed E-state index contributed by atoms with van der Waals surface area (Å²) in [4.78, 5) is 4.98. The quantitative estimate of drug-likeness (QED) is 0.763. The largest absolute Gasteiger partial charge is 0.301 e. The third-order valence-electron chi connectivity index (χ3n) is 2.87. The molecule has 0 radical (unpaired) electrons. The van der Waals surface area contributed by atoms with Crippen molar-refractivity contribution in [2.75, 3.05) is 32.7 Å². The van der Waals surface area contributed by atoms with Gasteiger partial charge in [-0.25, -0.2) is 0 Å². The SMILES string of the molecule is CCN1CCN(Cc2cn[nH]c2)CC1. The number of nitrogens with one attached hydrogen (secondary N) is 1. The van der Waals surface area contributed by atoms with E-state index in [1.807, 2.05) is 12.4 Å². The van der Waals surface area contributed by atoms with E-state index in [9.17, 15) is 0 Å². The Kier molecular flexibility index (Phi) is 3.16. The van der Waals surface area contributed by atoms with Crippen LogP contribution in [0.2, 0.25) is 0 Å². The Morgan fingerprint density at radius 1 is 1.29 bits per heavy atom. The van der Waals surface area contributed by atoms with E-state index in [4.69, 9.17) is 0 Å². The van der Waals surface area contributed by atoms with Gasteiger partial charge in [0.05, 0.1) is 6.20 Å². The molecule has 0 spiro atoms. The number of hydrogen-bond acceptors (Lipinski definition) is 3. The minimum atomic E-state index is 1.04. The predicted molar refractivity (Wildman–Crippen MR) is 56.0 cm³/mol. The molecular formula is C10H18N4. The van der Waals surface area contributed by atoms with Crippen LogP contribution < -0.4 is 0 Å². The summed E-state index contributed by atoms with van der Waals surface area (Å²) in [5, 5.41) is 6.81. The van der Waals surface area contributed by atoms with Crippen LogP contribution in [-0.2, 0) is 6.54 Å². The molecule has 1 fully saturated rings. The molecule has 1 aliphatic heterocycles. The number of piperazine rings is 1. The van der Waals surface area contributed by atoms with Crippen LogP contribution in [0.1, 0.15) is 12.5 Å². The monoisotopic (exact) mass is 194 g/mol. The molecule has 1 saturated heterocycles. The third-order valence-corrected chi connectivity index (χ3v) is 2.87. The van der Waals surface area contributed by atoms with E-state index in [1.165, 1.54) is 38.3 Å². The highest BCUT2D eigenvalue weighted by Crippen LogP contribution is 2.06. The van der Waals surface area contributed by atoms with Gasteiger partial charge in [-0.1, -0.05) is 6.92 Å². The number of hydrogen-bond donors (Lipinski definition) is 1. The van der Waals surface area contributed by atoms with E-state index < -0.39 is 0 Å². The maximum Gasteiger partial charge on any atom is 0.0532 e. The van der Waals surface area contributed by atoms with Crippen molar-refractivity contribution in [1.29, 1.82) is 0 Å². The second kappa shape index (κ2) is 4.57. The number of nitrogens with zero attached hydrogens (tertiary/aromatic N) is 3. The van der Waals surface area contributed by atoms with Crippen molar-refractivity contribution in [2.45, 2.75) is 13.5 Å². The first kappa shape index (κ1) is 9.68. The molecule has 2 rings (SSSR count). The average Bonchev–Trinajstić information content (AvgIpc) is 2.72. The number of aromatic nitrogens is 2. The van der Waals surface area contributed by atoms with Crippen LogP contribution in [0.25, 0.3) is 0 Å². The number of rotatable bonds is 3. The fourth-order valence-corrected chi connectivity index (χ4v) is 1.89. The van der Waals surface area contributed by atoms with Crippen LogP contribution in [0, 0.1) is 0 Å². The van der Waals surface area contributed by atoms with Crippen LogP contribution in [0.5, 0.6) is 0 Å². The molecule has 0 saturated carbocycles. The van der Waals surface area contributed by atoms with E-state index in [0.29, 0.717) is 0 Å². The van der Waals surface area contributed by atoms with Crippen LogP contribution in [0.3, 0.4) is 0 Å². The van der Waals surface area contributed by atoms with Crippen molar-refractivity contribution >= 4 is 0 Å². The van der Waals surface area contributed by atoms with E-state index in [2.05, 4.69) is 26.9 Å². The highest BCUT2D eigenvalue weighted by atomic mass is 15.3. The molecule has 1 aromatic heterocycles. The molecule has 1 N–H and O–H groups in total. The zero-order valence-electron chi connectivity index (χ0n) is 8.74. The lowest BCUT2D eigenvalue weighted by atomic mass is 10.2. The first-order chi connectivity index (χ1) is 6.88. The van der Waals surface area contributed by atoms with E-state index >= 15 is 0 Å². The molecule has 2 heterocycles. The lowest BCUT2D eigenvalue weighted by molar-refractivity contribution is 0.132. The van der Waals surface area contributed by atoms with Gasteiger partial charge >= 0.3 is 0 Å². The Balaban J connectivity index is 1.79. The summed E-state index contributed by atoms with van der Waals surface area (Å²) in [6.45, 7) is 9.21. The molecular weight excluding hydrogens is 176 g/mol. The highest BCUT2D eigenvalue weighted by molar-refractivity contribution is 5.02. The zero-order chi connectivity index (χ0) is 9.80. The van der Waals surface area contributed by atoms with Gasteiger partial charge in [-0.2, -0.15) is 5.10 Å². The molecule has 4 heteroatoms. The molecule has 4 nitrogen and oxygen atoms in total. The maximum atomic E-state index is 3.96. The minimum absolute atomic E-state index is 1.04. The van der Waals surface area contributed by atoms with Gasteiger partial charge in [0.1, 0.15) is 0 Å². The van der Waals surface area contributed by atoms with Crippen molar-refractivity contribution in [1.82, 2.24) is 20.0 Å². The van der Waals surface area contributed by atoms with Gasteiger partial charge in [-0.05, 0) is 6.54 Å². The fourth-order valence-electron chi connectivity index (χ4n) is 1.89. The first-order valence-corrected chi connectivity index (χ1v) is 5.31. The summed E-state index contributed by atoms with van der Waals surface area (Å²) in [6.07, 6.45) is 3.89. The molecule has 0 atom stereocenters. The Hall–Kier alpha value is -0.870. The Morgan fingerprint density at radius 2 is 2.00 bits per heavy atom. The van der Waals surface area contributed by atoms with E-state index in [1.54, 1.807) is 0 Å². The molecule has 0 aromatic carbocycles. The third kappa shape index (κ3) is 2.33. The predicted octanol–water partition coefficient (Wildman–Crippen LogP) is 0.547. The Bertz CT molecular complexity index is 249. The highest BCUT2D eigenvalue weighted by Gasteiger charge is 2.15. The molecule has 1 aromatic rings. The van der Waals surface area contributed by atoms with E-state index in [-0.39, 0.29) is 0 Å². The summed E-state index contributed by atoms with van der Waals surface area (Å²) in [5.74, 6) is 0. The summed E-state index contributed by atoms with van der Waals surface area (Å²) in [7, 11) is 0. The van der Waals surface area contributed by atoms with Crippen molar-refractivity contribution in [3.05, 3.63) is 18.0 Å². The van der Waals surface area contributed by atoms with Crippen LogP contribution in [-0.4, -0.2) is 52.7 Å². The first-order valence-electron chi connectivity index (χ1n) is 5.31. The molecule has 0 amide bonds. The van der Waals surface area contributed by atoms with Crippen LogP contribution in [0.4, 0.5) is 0 Å². The Labute approximate surface area is 84.9 Å². The van der Waals surface area contributed by atoms with Crippen molar-refractivity contribution in [2.24, 2.45) is 0 Å². The summed E-state index contributed by atoms with van der Waals surface area (Å²) < 4.78 is 0. The van der Waals surface area contributed by atoms with Gasteiger partial charge < -0.3 is 4.90 Å². The molecule has 0 aliphatic carbocycles. The van der Waals surface area contributed by atoms with Crippen molar-refractivity contribution in [3.8, 4) is 0 Å². The Morgan fingerprint density at radius 3 is 2.57 bits per heavy atom. The topological polar surface area (TPSA) is 35.2 Å². The van der Waals surface area contributed by atoms with Crippen LogP contribution in [0.15, 0.2) is 12.4 Å². The lowest BCUT2D eigenvalue weighted by Crippen LogP contribution is -2.45. The standard InChI is InChI=1S/C10H18N4/c1-2-13-3-5-14(6-4-13)9-10-7-11-12-8-10/h7-8H,2-6,9H2,1H3,(H,11,12). The number of H-pyrrole nitrogens is 1. The van der Waals surface area contributed by atoms with Gasteiger partial charge in [-0.15, -0.1) is 0 Å². The van der Waals surface area contributed by atoms with Crippen molar-refractivity contribution < 1.29 is 0 Å². The second-order valence-electron chi connectivity index (χ2n) is 3.82. The summed E-state index contributed by atoms with van der Waals surface area (Å²) in [5.41, 5.74) is 1.29. The number of likely N-dealkylation sites (N-methyl/N-ethyl adjacent to an activating group) is 1.